The van der Waals surface area contributed by atoms with Crippen LogP contribution in [0.25, 0.3) is 111 Å². The average molecular weight is 1150 g/mol. The fourth-order valence-electron chi connectivity index (χ4n) is 10.2. The van der Waals surface area contributed by atoms with Crippen LogP contribution in [0.4, 0.5) is 4.39 Å². The fraction of sp³-hybridized carbons (Fsp3) is 0.123. The zero-order valence-corrected chi connectivity index (χ0v) is 43.0. The number of furan rings is 2. The molecule has 7 nitrogen and oxygen atoms in total. The minimum Gasteiger partial charge on any atom is -0.500 e. The molecule has 0 unspecified atom stereocenters. The number of nitrogens with zero attached hydrogens (tertiary/aromatic N) is 5. The first kappa shape index (κ1) is 41.1. The predicted molar refractivity (Wildman–Crippen MR) is 293 cm³/mol. The number of hydrogen-bond acceptors (Lipinski definition) is 5. The van der Waals surface area contributed by atoms with E-state index in [1.54, 1.807) is 47.0 Å². The molecule has 1 radical (unpaired) electrons. The molecule has 13 rings (SSSR count). The molecule has 363 valence electrons. The third kappa shape index (κ3) is 7.90. The van der Waals surface area contributed by atoms with Crippen molar-refractivity contribution in [2.24, 2.45) is 0 Å². The van der Waals surface area contributed by atoms with Gasteiger partial charge in [0.15, 0.2) is 0 Å². The van der Waals surface area contributed by atoms with Gasteiger partial charge in [-0.05, 0) is 89.8 Å². The number of imidazole rings is 2. The molecule has 13 aromatic rings. The second-order valence-corrected chi connectivity index (χ2v) is 18.7. The summed E-state index contributed by atoms with van der Waals surface area (Å²) in [5.74, 6) is 1.21. The Morgan fingerprint density at radius 2 is 1.09 bits per heavy atom. The third-order valence-corrected chi connectivity index (χ3v) is 13.6. The Balaban J connectivity index is 0.000000168. The van der Waals surface area contributed by atoms with Gasteiger partial charge in [-0.1, -0.05) is 153 Å². The molecule has 0 atom stereocenters. The van der Waals surface area contributed by atoms with Crippen molar-refractivity contribution in [2.45, 2.75) is 53.2 Å². The topological polar surface area (TPSA) is 85.7 Å². The van der Waals surface area contributed by atoms with Gasteiger partial charge >= 0.3 is 0 Å². The van der Waals surface area contributed by atoms with Crippen LogP contribution in [0.5, 0.6) is 0 Å². The Bertz CT molecular complexity index is 4530. The van der Waals surface area contributed by atoms with E-state index in [2.05, 4.69) is 92.9 Å². The normalized spacial score (nSPS) is 13.1. The van der Waals surface area contributed by atoms with Gasteiger partial charge in [-0.15, -0.1) is 36.4 Å². The maximum atomic E-state index is 13.9. The molecule has 74 heavy (non-hydrogen) atoms. The number of nitriles is 1. The maximum Gasteiger partial charge on any atom is 0.139 e. The smallest absolute Gasteiger partial charge is 0.139 e. The van der Waals surface area contributed by atoms with E-state index in [0.717, 1.165) is 50.0 Å². The van der Waals surface area contributed by atoms with E-state index in [1.807, 2.05) is 54.6 Å². The Labute approximate surface area is 449 Å². The summed E-state index contributed by atoms with van der Waals surface area (Å²) in [7, 11) is 0. The number of para-hydroxylation sites is 6. The van der Waals surface area contributed by atoms with Crippen LogP contribution in [0.3, 0.4) is 0 Å². The Kier molecular flexibility index (Phi) is 10.7. The van der Waals surface area contributed by atoms with Crippen molar-refractivity contribution < 1.29 is 41.6 Å². The second-order valence-electron chi connectivity index (χ2n) is 18.7. The van der Waals surface area contributed by atoms with Crippen molar-refractivity contribution in [1.82, 2.24) is 19.1 Å². The van der Waals surface area contributed by atoms with Crippen molar-refractivity contribution in [3.63, 3.8) is 0 Å². The monoisotopic (exact) mass is 1150 g/mol. The van der Waals surface area contributed by atoms with E-state index < -0.39 is 19.5 Å². The van der Waals surface area contributed by atoms with Crippen molar-refractivity contribution >= 4 is 65.9 Å². The molecule has 0 saturated carbocycles. The number of halogens is 1. The summed E-state index contributed by atoms with van der Waals surface area (Å²) >= 11 is 0. The summed E-state index contributed by atoms with van der Waals surface area (Å²) in [5, 5.41) is 13.5. The Morgan fingerprint density at radius 3 is 1.69 bits per heavy atom. The minimum absolute atomic E-state index is 0. The number of aryl methyl sites for hydroxylation is 2. The number of rotatable bonds is 7. The molecule has 9 aromatic carbocycles. The van der Waals surface area contributed by atoms with E-state index in [9.17, 15) is 9.65 Å². The summed E-state index contributed by atoms with van der Waals surface area (Å²) in [6.45, 7) is 3.74. The van der Waals surface area contributed by atoms with E-state index in [-0.39, 0.29) is 42.7 Å². The minimum atomic E-state index is -2.61. The Hall–Kier alpha value is -8.41. The summed E-state index contributed by atoms with van der Waals surface area (Å²) in [6, 6.07) is 61.0. The molecular formula is C65H48FIrN5O2-2. The summed E-state index contributed by atoms with van der Waals surface area (Å²) in [6.07, 6.45) is 0. The van der Waals surface area contributed by atoms with E-state index in [4.69, 9.17) is 27.0 Å². The average Bonchev–Trinajstić information content (AvgIpc) is 4.42. The molecule has 0 aliphatic rings. The van der Waals surface area contributed by atoms with Crippen LogP contribution >= 0.6 is 0 Å². The van der Waals surface area contributed by atoms with Crippen LogP contribution in [0.2, 0.25) is 0 Å². The van der Waals surface area contributed by atoms with E-state index in [0.29, 0.717) is 67.1 Å². The maximum absolute atomic E-state index is 13.9. The molecule has 0 aliphatic heterocycles. The van der Waals surface area contributed by atoms with Crippen LogP contribution in [0.15, 0.2) is 179 Å². The molecule has 0 N–H and O–H groups in total. The molecular weight excluding hydrogens is 1090 g/mol. The molecule has 4 heterocycles. The molecule has 0 amide bonds. The van der Waals surface area contributed by atoms with Crippen LogP contribution in [0, 0.1) is 43.0 Å². The van der Waals surface area contributed by atoms with Crippen molar-refractivity contribution in [3.05, 3.63) is 216 Å². The molecule has 0 spiro atoms. The molecule has 0 fully saturated rings. The molecule has 0 bridgehead atoms. The van der Waals surface area contributed by atoms with Gasteiger partial charge in [0, 0.05) is 62.1 Å². The fourth-order valence-corrected chi connectivity index (χ4v) is 10.2. The number of benzene rings is 9. The van der Waals surface area contributed by atoms with Crippen LogP contribution in [0.1, 0.15) is 75.6 Å². The summed E-state index contributed by atoms with van der Waals surface area (Å²) in [4.78, 5) is 9.97. The molecule has 0 aliphatic carbocycles. The first-order chi connectivity index (χ1) is 38.0. The van der Waals surface area contributed by atoms with Gasteiger partial charge in [-0.2, -0.15) is 5.26 Å². The number of hydrogen-bond donors (Lipinski definition) is 0. The molecule has 4 aromatic heterocycles. The van der Waals surface area contributed by atoms with Crippen molar-refractivity contribution in [1.29, 1.82) is 5.26 Å². The van der Waals surface area contributed by atoms with E-state index >= 15 is 0 Å². The molecule has 0 saturated heterocycles. The number of fused-ring (bicyclic) bond motifs is 8. The Morgan fingerprint density at radius 1 is 0.568 bits per heavy atom. The first-order valence-electron chi connectivity index (χ1n) is 27.1. The van der Waals surface area contributed by atoms with Crippen LogP contribution in [-0.4, -0.2) is 19.1 Å². The van der Waals surface area contributed by atoms with Gasteiger partial charge in [0.25, 0.3) is 0 Å². The first-order valence-corrected chi connectivity index (χ1v) is 24.1. The summed E-state index contributed by atoms with van der Waals surface area (Å²) < 4.78 is 79.6. The van der Waals surface area contributed by atoms with Crippen LogP contribution < -0.4 is 0 Å². The van der Waals surface area contributed by atoms with Crippen molar-refractivity contribution in [3.8, 4) is 51.3 Å². The quantitative estimate of drug-likeness (QED) is 0.148. The van der Waals surface area contributed by atoms with Crippen molar-refractivity contribution in [2.75, 3.05) is 0 Å². The van der Waals surface area contributed by atoms with Gasteiger partial charge < -0.3 is 18.0 Å². The SMILES string of the molecule is CC(C)c1cccc(C(C)C)c1-n1c(-c2[c-]ccc3c2oc2c(C#N)c(-c4ccccc4)ccc23)nc2ccccc21.[2H]C([2H])([2H])c1cccc(C([2H])([2H])[2H])c1-n1c(-c2[c-]ccc3c2oc2cc(F)ccc23)nc2ccccc21.[Ir]. The second kappa shape index (κ2) is 19.2. The predicted octanol–water partition coefficient (Wildman–Crippen LogP) is 17.3. The third-order valence-electron chi connectivity index (χ3n) is 13.6. The molecule has 9 heteroatoms. The van der Waals surface area contributed by atoms with Gasteiger partial charge in [0.1, 0.15) is 28.6 Å². The number of aromatic nitrogens is 4. The van der Waals surface area contributed by atoms with Crippen LogP contribution in [-0.2, 0) is 20.1 Å². The standard InChI is InChI=1S/C38H30N3O.C27H18FN2O.Ir/c1-23(2)26-14-10-15-27(24(3)4)35(26)41-34-19-9-8-18-33(34)40-38(41)31-17-11-16-29-30-21-20-28(25-12-6-5-7-13-25)32(22-39)37(30)42-36(29)31;1-16-7-5-8-17(2)25(16)30-23-12-4-3-11-22(23)29-27(30)21-10-6-9-20-19-14-13-18(28)15-24(19)31-26(20)21;/h5-16,18-21,23-24H,1-4H3;3-9,11-15H,1-2H3;/q2*-1;/i;1D3,2D3;. The van der Waals surface area contributed by atoms with Gasteiger partial charge in [-0.3, -0.25) is 9.97 Å². The zero-order chi connectivity index (χ0) is 55.1. The largest absolute Gasteiger partial charge is 0.500 e. The van der Waals surface area contributed by atoms with Gasteiger partial charge in [0.05, 0.1) is 44.9 Å². The van der Waals surface area contributed by atoms with Gasteiger partial charge in [0.2, 0.25) is 0 Å². The van der Waals surface area contributed by atoms with E-state index in [1.165, 1.54) is 41.5 Å². The zero-order valence-electron chi connectivity index (χ0n) is 46.6. The summed E-state index contributed by atoms with van der Waals surface area (Å²) in [5.41, 5.74) is 12.0. The van der Waals surface area contributed by atoms with Gasteiger partial charge in [-0.25, -0.2) is 4.39 Å².